The van der Waals surface area contributed by atoms with Crippen molar-refractivity contribution in [3.63, 3.8) is 0 Å². The third-order valence-electron chi connectivity index (χ3n) is 4.01. The van der Waals surface area contributed by atoms with E-state index >= 15 is 0 Å². The van der Waals surface area contributed by atoms with E-state index in [-0.39, 0.29) is 6.42 Å². The van der Waals surface area contributed by atoms with Gasteiger partial charge in [-0.2, -0.15) is 0 Å². The predicted molar refractivity (Wildman–Crippen MR) is 99.5 cm³/mol. The molecule has 5 atom stereocenters. The molecule has 1 aromatic rings. The van der Waals surface area contributed by atoms with Crippen LogP contribution < -0.4 is 21.7 Å². The molecule has 3 amide bonds. The Morgan fingerprint density at radius 2 is 1.70 bits per heavy atom. The number of carboxylic acid groups (broad SMARTS) is 1. The third kappa shape index (κ3) is 7.40. The summed E-state index contributed by atoms with van der Waals surface area (Å²) in [5, 5.41) is 43.4. The number of nitrogens with two attached hydrogens (primary N) is 1. The molecule has 0 aromatic carbocycles. The normalized spacial score (nSPS) is 15.9. The second-order valence-electron chi connectivity index (χ2n) is 6.44. The number of amides is 3. The predicted octanol–water partition coefficient (Wildman–Crippen LogP) is -4.82. The molecule has 14 nitrogen and oxygen atoms in total. The average Bonchev–Trinajstić information content (AvgIpc) is 3.20. The number of aliphatic hydroxyl groups is 3. The standard InChI is InChI=1S/C16H26N6O8/c1-7(25)12(22-13(26)9(17)4-23)15(28)20-10(2-8-3-18-6-19-8)14(27)21-11(5-24)16(29)30/h3,6-7,9-12,23-25H,2,4-5,17H2,1H3,(H,18,19)(H,20,28)(H,21,27)(H,22,26)(H,29,30). The molecule has 0 aliphatic rings. The van der Waals surface area contributed by atoms with Crippen molar-refractivity contribution in [3.05, 3.63) is 18.2 Å². The molecule has 0 bridgehead atoms. The molecular weight excluding hydrogens is 404 g/mol. The van der Waals surface area contributed by atoms with Crippen LogP contribution in [0.2, 0.25) is 0 Å². The molecule has 0 aliphatic carbocycles. The maximum absolute atomic E-state index is 12.6. The van der Waals surface area contributed by atoms with Crippen LogP contribution in [0.4, 0.5) is 0 Å². The van der Waals surface area contributed by atoms with Gasteiger partial charge in [-0.05, 0) is 6.92 Å². The molecule has 0 fully saturated rings. The van der Waals surface area contributed by atoms with Crippen molar-refractivity contribution in [2.24, 2.45) is 5.73 Å². The summed E-state index contributed by atoms with van der Waals surface area (Å²) in [6.07, 6.45) is 1.18. The van der Waals surface area contributed by atoms with E-state index in [1.807, 2.05) is 0 Å². The van der Waals surface area contributed by atoms with Gasteiger partial charge in [-0.1, -0.05) is 0 Å². The highest BCUT2D eigenvalue weighted by atomic mass is 16.4. The number of aromatic nitrogens is 2. The van der Waals surface area contributed by atoms with Crippen molar-refractivity contribution < 1.29 is 39.6 Å². The van der Waals surface area contributed by atoms with Crippen LogP contribution in [-0.4, -0.2) is 97.6 Å². The number of nitrogens with zero attached hydrogens (tertiary/aromatic N) is 1. The van der Waals surface area contributed by atoms with Crippen LogP contribution in [0.25, 0.3) is 0 Å². The van der Waals surface area contributed by atoms with Crippen molar-refractivity contribution in [1.82, 2.24) is 25.9 Å². The molecule has 1 aromatic heterocycles. The molecule has 0 spiro atoms. The van der Waals surface area contributed by atoms with Gasteiger partial charge in [0.1, 0.15) is 24.2 Å². The Bertz CT molecular complexity index is 725. The first kappa shape index (κ1) is 25.0. The fourth-order valence-corrected chi connectivity index (χ4v) is 2.29. The summed E-state index contributed by atoms with van der Waals surface area (Å²) >= 11 is 0. The summed E-state index contributed by atoms with van der Waals surface area (Å²) in [5.74, 6) is -4.27. The Hall–Kier alpha value is -3.07. The molecule has 1 rings (SSSR count). The average molecular weight is 430 g/mol. The van der Waals surface area contributed by atoms with Gasteiger partial charge in [0, 0.05) is 18.3 Å². The van der Waals surface area contributed by atoms with Crippen LogP contribution in [0.3, 0.4) is 0 Å². The molecule has 30 heavy (non-hydrogen) atoms. The SMILES string of the molecule is CC(O)C(NC(=O)C(N)CO)C(=O)NC(Cc1cnc[nH]1)C(=O)NC(CO)C(=O)O. The van der Waals surface area contributed by atoms with Gasteiger partial charge in [-0.15, -0.1) is 0 Å². The van der Waals surface area contributed by atoms with E-state index in [9.17, 15) is 24.3 Å². The monoisotopic (exact) mass is 430 g/mol. The lowest BCUT2D eigenvalue weighted by molar-refractivity contribution is -0.143. The van der Waals surface area contributed by atoms with Crippen molar-refractivity contribution in [2.45, 2.75) is 43.6 Å². The molecule has 1 heterocycles. The minimum atomic E-state index is -1.60. The smallest absolute Gasteiger partial charge is 0.328 e. The lowest BCUT2D eigenvalue weighted by Crippen LogP contribution is -2.60. The van der Waals surface area contributed by atoms with E-state index in [1.54, 1.807) is 0 Å². The summed E-state index contributed by atoms with van der Waals surface area (Å²) in [4.78, 5) is 54.5. The Morgan fingerprint density at radius 3 is 2.17 bits per heavy atom. The van der Waals surface area contributed by atoms with Gasteiger partial charge < -0.3 is 47.1 Å². The van der Waals surface area contributed by atoms with E-state index < -0.39 is 67.2 Å². The zero-order chi connectivity index (χ0) is 22.8. The maximum Gasteiger partial charge on any atom is 0.328 e. The summed E-state index contributed by atoms with van der Waals surface area (Å²) in [5.41, 5.74) is 5.80. The number of hydrogen-bond donors (Lipinski definition) is 9. The first-order chi connectivity index (χ1) is 14.1. The molecule has 0 saturated carbocycles. The van der Waals surface area contributed by atoms with Crippen LogP contribution in [0.5, 0.6) is 0 Å². The first-order valence-corrected chi connectivity index (χ1v) is 8.87. The number of aliphatic hydroxyl groups excluding tert-OH is 3. The Morgan fingerprint density at radius 1 is 1.07 bits per heavy atom. The summed E-state index contributed by atoms with van der Waals surface area (Å²) < 4.78 is 0. The Labute approximate surface area is 170 Å². The zero-order valence-corrected chi connectivity index (χ0v) is 16.1. The van der Waals surface area contributed by atoms with Crippen LogP contribution in [-0.2, 0) is 25.6 Å². The van der Waals surface area contributed by atoms with Gasteiger partial charge in [-0.3, -0.25) is 14.4 Å². The summed E-state index contributed by atoms with van der Waals surface area (Å²) in [7, 11) is 0. The van der Waals surface area contributed by atoms with Gasteiger partial charge in [0.05, 0.1) is 25.6 Å². The van der Waals surface area contributed by atoms with Crippen LogP contribution >= 0.6 is 0 Å². The minimum absolute atomic E-state index is 0.133. The lowest BCUT2D eigenvalue weighted by Gasteiger charge is -2.26. The Balaban J connectivity index is 2.99. The second-order valence-corrected chi connectivity index (χ2v) is 6.44. The zero-order valence-electron chi connectivity index (χ0n) is 16.1. The number of carbonyl (C=O) groups is 4. The number of carboxylic acids is 1. The molecule has 168 valence electrons. The van der Waals surface area contributed by atoms with Crippen LogP contribution in [0.15, 0.2) is 12.5 Å². The van der Waals surface area contributed by atoms with E-state index in [0.717, 1.165) is 0 Å². The molecule has 0 saturated heterocycles. The molecule has 10 N–H and O–H groups in total. The number of aromatic amines is 1. The Kier molecular flexibility index (Phi) is 9.83. The number of carbonyl (C=O) groups excluding carboxylic acids is 3. The topological polar surface area (TPSA) is 240 Å². The van der Waals surface area contributed by atoms with E-state index in [2.05, 4.69) is 25.9 Å². The summed E-state index contributed by atoms with van der Waals surface area (Å²) in [6, 6.07) is -5.78. The fourth-order valence-electron chi connectivity index (χ4n) is 2.29. The van der Waals surface area contributed by atoms with Crippen molar-refractivity contribution in [3.8, 4) is 0 Å². The number of H-pyrrole nitrogens is 1. The number of hydrogen-bond acceptors (Lipinski definition) is 9. The number of aliphatic carboxylic acids is 1. The van der Waals surface area contributed by atoms with Gasteiger partial charge >= 0.3 is 5.97 Å². The quantitative estimate of drug-likeness (QED) is 0.153. The van der Waals surface area contributed by atoms with Crippen molar-refractivity contribution >= 4 is 23.7 Å². The minimum Gasteiger partial charge on any atom is -0.480 e. The van der Waals surface area contributed by atoms with E-state index in [4.69, 9.17) is 21.1 Å². The van der Waals surface area contributed by atoms with Crippen molar-refractivity contribution in [2.75, 3.05) is 13.2 Å². The lowest BCUT2D eigenvalue weighted by atomic mass is 10.1. The molecule has 0 radical (unpaired) electrons. The highest BCUT2D eigenvalue weighted by Crippen LogP contribution is 2.03. The molecule has 14 heteroatoms. The maximum atomic E-state index is 12.6. The first-order valence-electron chi connectivity index (χ1n) is 8.87. The van der Waals surface area contributed by atoms with Crippen LogP contribution in [0.1, 0.15) is 12.6 Å². The fraction of sp³-hybridized carbons (Fsp3) is 0.562. The number of rotatable bonds is 12. The number of nitrogens with one attached hydrogen (secondary N) is 4. The van der Waals surface area contributed by atoms with Gasteiger partial charge in [0.15, 0.2) is 0 Å². The number of imidazole rings is 1. The largest absolute Gasteiger partial charge is 0.480 e. The van der Waals surface area contributed by atoms with Gasteiger partial charge in [0.25, 0.3) is 0 Å². The van der Waals surface area contributed by atoms with Crippen LogP contribution in [0, 0.1) is 0 Å². The van der Waals surface area contributed by atoms with Gasteiger partial charge in [0.2, 0.25) is 17.7 Å². The van der Waals surface area contributed by atoms with Crippen molar-refractivity contribution in [1.29, 1.82) is 0 Å². The van der Waals surface area contributed by atoms with Gasteiger partial charge in [-0.25, -0.2) is 9.78 Å². The molecular formula is C16H26N6O8. The molecule has 0 aliphatic heterocycles. The highest BCUT2D eigenvalue weighted by molar-refractivity contribution is 5.94. The molecule has 5 unspecified atom stereocenters. The third-order valence-corrected chi connectivity index (χ3v) is 4.01. The second kappa shape index (κ2) is 11.8. The highest BCUT2D eigenvalue weighted by Gasteiger charge is 2.32. The summed E-state index contributed by atoms with van der Waals surface area (Å²) in [6.45, 7) is -0.356. The van der Waals surface area contributed by atoms with E-state index in [1.165, 1.54) is 19.4 Å². The van der Waals surface area contributed by atoms with E-state index in [0.29, 0.717) is 5.69 Å².